The summed E-state index contributed by atoms with van der Waals surface area (Å²) in [4.78, 5) is 33.3. The molecule has 2 atom stereocenters. The maximum Gasteiger partial charge on any atom is 0.363 e. The minimum Gasteiger partial charge on any atom is -0.479 e. The van der Waals surface area contributed by atoms with Gasteiger partial charge in [-0.3, -0.25) is 0 Å². The average molecular weight is 333 g/mol. The number of aliphatic hydroxyl groups is 1. The van der Waals surface area contributed by atoms with E-state index in [0.29, 0.717) is 0 Å². The van der Waals surface area contributed by atoms with Crippen LogP contribution in [0.25, 0.3) is 0 Å². The van der Waals surface area contributed by atoms with Gasteiger partial charge in [-0.25, -0.2) is 14.4 Å². The van der Waals surface area contributed by atoms with Crippen molar-refractivity contribution in [3.63, 3.8) is 0 Å². The maximum atomic E-state index is 11.7. The van der Waals surface area contributed by atoms with E-state index in [9.17, 15) is 19.5 Å². The molecule has 0 saturated carbocycles. The number of rotatable bonds is 5. The average Bonchev–Trinajstić information content (AvgIpc) is 2.38. The van der Waals surface area contributed by atoms with Crippen LogP contribution in [-0.2, 0) is 14.3 Å². The summed E-state index contributed by atoms with van der Waals surface area (Å²) in [6, 6.07) is 7.36. The van der Waals surface area contributed by atoms with Gasteiger partial charge in [-0.15, -0.1) is 0 Å². The van der Waals surface area contributed by atoms with Crippen molar-refractivity contribution < 1.29 is 34.4 Å². The molecule has 0 saturated heterocycles. The van der Waals surface area contributed by atoms with Crippen LogP contribution in [0, 0.1) is 0 Å². The van der Waals surface area contributed by atoms with Gasteiger partial charge < -0.3 is 20.1 Å². The van der Waals surface area contributed by atoms with E-state index in [2.05, 4.69) is 20.7 Å². The fourth-order valence-electron chi connectivity index (χ4n) is 1.14. The Morgan fingerprint density at radius 1 is 1.16 bits per heavy atom. The van der Waals surface area contributed by atoms with Crippen LogP contribution >= 0.6 is 15.9 Å². The van der Waals surface area contributed by atoms with Gasteiger partial charge in [-0.2, -0.15) is 0 Å². The zero-order chi connectivity index (χ0) is 14.6. The molecule has 0 aliphatic heterocycles. The number of carbonyl (C=O) groups excluding carboxylic acids is 1. The highest BCUT2D eigenvalue weighted by Crippen LogP contribution is 2.27. The molecule has 3 N–H and O–H groups in total. The van der Waals surface area contributed by atoms with E-state index in [-0.39, 0.29) is 5.56 Å². The third-order valence-electron chi connectivity index (χ3n) is 2.13. The van der Waals surface area contributed by atoms with Crippen LogP contribution in [0.4, 0.5) is 0 Å². The lowest BCUT2D eigenvalue weighted by Crippen LogP contribution is -2.51. The largest absolute Gasteiger partial charge is 0.479 e. The number of aliphatic carboxylic acids is 2. The second-order valence-corrected chi connectivity index (χ2v) is 4.62. The first-order valence-corrected chi connectivity index (χ1v) is 5.70. The van der Waals surface area contributed by atoms with Crippen molar-refractivity contribution in [3.8, 4) is 0 Å². The standard InChI is InChI=1S/C11H9BrO7/c12-11(10(17)18,7(13)8(14)15)19-9(16)6-4-2-1-3-5-6/h1-5,7,13H,(H,14,15)(H,17,18)/t7-,11+/m0/s1. The van der Waals surface area contributed by atoms with E-state index in [1.54, 1.807) is 6.07 Å². The summed E-state index contributed by atoms with van der Waals surface area (Å²) in [5, 5.41) is 26.8. The predicted molar refractivity (Wildman–Crippen MR) is 64.8 cm³/mol. The Bertz CT molecular complexity index is 501. The summed E-state index contributed by atoms with van der Waals surface area (Å²) in [5.41, 5.74) is 0.0187. The van der Waals surface area contributed by atoms with Crippen LogP contribution in [0.2, 0.25) is 0 Å². The van der Waals surface area contributed by atoms with Gasteiger partial charge in [0, 0.05) is 0 Å². The molecule has 1 aromatic carbocycles. The second-order valence-electron chi connectivity index (χ2n) is 3.45. The molecule has 0 radical (unpaired) electrons. The minimum atomic E-state index is -2.76. The van der Waals surface area contributed by atoms with Gasteiger partial charge >= 0.3 is 17.9 Å². The highest BCUT2D eigenvalue weighted by Gasteiger charge is 2.51. The molecule has 1 aromatic rings. The number of carbonyl (C=O) groups is 3. The predicted octanol–water partition coefficient (Wildman–Crippen LogP) is 0.465. The molecule has 0 aliphatic carbocycles. The van der Waals surface area contributed by atoms with Crippen LogP contribution in [0.3, 0.4) is 0 Å². The molecule has 7 nitrogen and oxygen atoms in total. The minimum absolute atomic E-state index is 0.0187. The second kappa shape index (κ2) is 5.81. The zero-order valence-corrected chi connectivity index (χ0v) is 10.9. The number of hydrogen-bond acceptors (Lipinski definition) is 5. The number of carboxylic acid groups (broad SMARTS) is 2. The van der Waals surface area contributed by atoms with Gasteiger partial charge in [-0.1, -0.05) is 18.2 Å². The Balaban J connectivity index is 3.01. The summed E-state index contributed by atoms with van der Waals surface area (Å²) in [6.45, 7) is 0. The third kappa shape index (κ3) is 3.30. The first-order valence-electron chi connectivity index (χ1n) is 4.90. The molecule has 0 aliphatic rings. The lowest BCUT2D eigenvalue weighted by atomic mass is 10.2. The van der Waals surface area contributed by atoms with Gasteiger partial charge in [0.25, 0.3) is 4.51 Å². The van der Waals surface area contributed by atoms with Gasteiger partial charge in [0.2, 0.25) is 6.10 Å². The molecule has 0 unspecified atom stereocenters. The molecule has 0 fully saturated rings. The number of ether oxygens (including phenoxy) is 1. The highest BCUT2D eigenvalue weighted by molar-refractivity contribution is 9.10. The number of esters is 1. The lowest BCUT2D eigenvalue weighted by molar-refractivity contribution is -0.169. The number of alkyl halides is 1. The Kier molecular flexibility index (Phi) is 4.62. The Morgan fingerprint density at radius 2 is 1.68 bits per heavy atom. The molecule has 0 bridgehead atoms. The maximum absolute atomic E-state index is 11.7. The smallest absolute Gasteiger partial charge is 0.363 e. The van der Waals surface area contributed by atoms with Crippen molar-refractivity contribution in [2.75, 3.05) is 0 Å². The lowest BCUT2D eigenvalue weighted by Gasteiger charge is -2.25. The van der Waals surface area contributed by atoms with Gasteiger partial charge in [0.1, 0.15) is 0 Å². The molecule has 0 heterocycles. The Morgan fingerprint density at radius 3 is 2.11 bits per heavy atom. The van der Waals surface area contributed by atoms with Crippen molar-refractivity contribution in [1.29, 1.82) is 0 Å². The Hall–Kier alpha value is -1.93. The van der Waals surface area contributed by atoms with Crippen LogP contribution in [0.15, 0.2) is 30.3 Å². The highest BCUT2D eigenvalue weighted by atomic mass is 79.9. The number of halogens is 1. The fraction of sp³-hybridized carbons (Fsp3) is 0.182. The summed E-state index contributed by atoms with van der Waals surface area (Å²) < 4.78 is 1.80. The molecule has 102 valence electrons. The number of benzene rings is 1. The van der Waals surface area contributed by atoms with E-state index in [4.69, 9.17) is 10.2 Å². The van der Waals surface area contributed by atoms with Crippen molar-refractivity contribution in [2.24, 2.45) is 0 Å². The molecule has 1 rings (SSSR count). The fourth-order valence-corrected chi connectivity index (χ4v) is 1.49. The monoisotopic (exact) mass is 332 g/mol. The van der Waals surface area contributed by atoms with E-state index >= 15 is 0 Å². The normalized spacial score (nSPS) is 15.1. The van der Waals surface area contributed by atoms with Crippen molar-refractivity contribution in [3.05, 3.63) is 35.9 Å². The van der Waals surface area contributed by atoms with E-state index in [1.807, 2.05) is 0 Å². The molecule has 19 heavy (non-hydrogen) atoms. The van der Waals surface area contributed by atoms with E-state index in [0.717, 1.165) is 0 Å². The SMILES string of the molecule is O=C(O[C@@](Br)(C(=O)O)[C@@H](O)C(=O)O)c1ccccc1. The summed E-state index contributed by atoms with van der Waals surface area (Å²) >= 11 is 2.44. The van der Waals surface area contributed by atoms with E-state index < -0.39 is 28.5 Å². The van der Waals surface area contributed by atoms with E-state index in [1.165, 1.54) is 24.3 Å². The number of aliphatic hydroxyl groups excluding tert-OH is 1. The van der Waals surface area contributed by atoms with Gasteiger partial charge in [-0.05, 0) is 28.1 Å². The molecule has 8 heteroatoms. The topological polar surface area (TPSA) is 121 Å². The van der Waals surface area contributed by atoms with Crippen molar-refractivity contribution in [1.82, 2.24) is 0 Å². The summed E-state index contributed by atoms with van der Waals surface area (Å²) in [6.07, 6.45) is -2.46. The quantitative estimate of drug-likeness (QED) is 0.529. The van der Waals surface area contributed by atoms with Gasteiger partial charge in [0.05, 0.1) is 5.56 Å². The molecule has 0 spiro atoms. The van der Waals surface area contributed by atoms with Crippen LogP contribution in [0.1, 0.15) is 10.4 Å². The molecule has 0 aromatic heterocycles. The Labute approximate surface area is 115 Å². The van der Waals surface area contributed by atoms with Crippen molar-refractivity contribution in [2.45, 2.75) is 10.6 Å². The van der Waals surface area contributed by atoms with Crippen LogP contribution in [-0.4, -0.2) is 43.8 Å². The number of carboxylic acids is 2. The van der Waals surface area contributed by atoms with Crippen molar-refractivity contribution >= 4 is 33.8 Å². The first kappa shape index (κ1) is 15.1. The molecular formula is C11H9BrO7. The van der Waals surface area contributed by atoms with Crippen LogP contribution < -0.4 is 0 Å². The summed E-state index contributed by atoms with van der Waals surface area (Å²) in [7, 11) is 0. The van der Waals surface area contributed by atoms with Crippen LogP contribution in [0.5, 0.6) is 0 Å². The van der Waals surface area contributed by atoms with Gasteiger partial charge in [0.15, 0.2) is 0 Å². The molecular weight excluding hydrogens is 324 g/mol. The number of hydrogen-bond donors (Lipinski definition) is 3. The molecule has 0 amide bonds. The third-order valence-corrected chi connectivity index (χ3v) is 3.06. The zero-order valence-electron chi connectivity index (χ0n) is 9.32. The first-order chi connectivity index (χ1) is 8.79. The summed E-state index contributed by atoms with van der Waals surface area (Å²) in [5.74, 6) is -4.77.